The monoisotopic (exact) mass is 271 g/mol. The van der Waals surface area contributed by atoms with Gasteiger partial charge in [-0.2, -0.15) is 4.98 Å². The molecule has 0 bridgehead atoms. The van der Waals surface area contributed by atoms with Gasteiger partial charge in [0.2, 0.25) is 11.1 Å². The molecular weight excluding hydrogens is 258 g/mol. The van der Waals surface area contributed by atoms with Crippen molar-refractivity contribution in [2.45, 2.75) is 18.9 Å². The first-order chi connectivity index (χ1) is 8.56. The smallest absolute Gasteiger partial charge is 0.329 e. The van der Waals surface area contributed by atoms with E-state index < -0.39 is 4.92 Å². The highest BCUT2D eigenvalue weighted by Gasteiger charge is 2.22. The Balaban J connectivity index is 2.16. The second-order valence-electron chi connectivity index (χ2n) is 4.38. The lowest BCUT2D eigenvalue weighted by atomic mass is 10.1. The van der Waals surface area contributed by atoms with E-state index in [2.05, 4.69) is 20.2 Å². The van der Waals surface area contributed by atoms with E-state index in [4.69, 9.17) is 11.6 Å². The molecule has 1 aliphatic rings. The molecule has 98 valence electrons. The lowest BCUT2D eigenvalue weighted by molar-refractivity contribution is -0.384. The number of piperidine rings is 1. The van der Waals surface area contributed by atoms with Gasteiger partial charge in [-0.05, 0) is 38.0 Å². The summed E-state index contributed by atoms with van der Waals surface area (Å²) in [4.78, 5) is 20.1. The number of hydrogen-bond donors (Lipinski definition) is 1. The molecule has 2 heterocycles. The fourth-order valence-corrected chi connectivity index (χ4v) is 2.20. The van der Waals surface area contributed by atoms with Gasteiger partial charge in [0.15, 0.2) is 0 Å². The van der Waals surface area contributed by atoms with E-state index in [1.54, 1.807) is 0 Å². The summed E-state index contributed by atoms with van der Waals surface area (Å²) in [6.45, 7) is 1.88. The van der Waals surface area contributed by atoms with E-state index in [0.29, 0.717) is 0 Å². The number of halogens is 1. The molecule has 0 saturated carbocycles. The van der Waals surface area contributed by atoms with E-state index in [1.807, 2.05) is 7.05 Å². The lowest BCUT2D eigenvalue weighted by Gasteiger charge is -2.30. The van der Waals surface area contributed by atoms with Crippen molar-refractivity contribution < 1.29 is 4.92 Å². The normalized spacial score (nSPS) is 20.7. The standard InChI is InChI=1S/C10H14ClN5O2/c1-15-4-2-3-7(6-15)13-9-8(16(17)18)5-12-10(11)14-9/h5,7H,2-4,6H2,1H3,(H,12,13,14). The van der Waals surface area contributed by atoms with Crippen LogP contribution in [-0.4, -0.2) is 46.0 Å². The summed E-state index contributed by atoms with van der Waals surface area (Å²) >= 11 is 5.67. The average molecular weight is 272 g/mol. The molecule has 1 aromatic heterocycles. The summed E-state index contributed by atoms with van der Waals surface area (Å²) in [7, 11) is 2.02. The van der Waals surface area contributed by atoms with Crippen LogP contribution in [0.3, 0.4) is 0 Å². The van der Waals surface area contributed by atoms with Crippen LogP contribution in [0.1, 0.15) is 12.8 Å². The minimum Gasteiger partial charge on any atom is -0.360 e. The number of nitro groups is 1. The molecule has 1 fully saturated rings. The Morgan fingerprint density at radius 2 is 2.44 bits per heavy atom. The third kappa shape index (κ3) is 3.05. The molecule has 1 aromatic rings. The Kier molecular flexibility index (Phi) is 3.93. The largest absolute Gasteiger partial charge is 0.360 e. The van der Waals surface area contributed by atoms with Crippen LogP contribution in [0, 0.1) is 10.1 Å². The second kappa shape index (κ2) is 5.45. The number of likely N-dealkylation sites (tertiary alicyclic amines) is 1. The molecule has 0 spiro atoms. The number of hydrogen-bond acceptors (Lipinski definition) is 6. The second-order valence-corrected chi connectivity index (χ2v) is 4.71. The molecule has 1 N–H and O–H groups in total. The zero-order chi connectivity index (χ0) is 13.1. The maximum absolute atomic E-state index is 10.9. The highest BCUT2D eigenvalue weighted by molar-refractivity contribution is 6.28. The predicted molar refractivity (Wildman–Crippen MR) is 67.8 cm³/mol. The van der Waals surface area contributed by atoms with Crippen LogP contribution < -0.4 is 5.32 Å². The number of rotatable bonds is 3. The Bertz CT molecular complexity index is 456. The van der Waals surface area contributed by atoms with Crippen LogP contribution in [-0.2, 0) is 0 Å². The van der Waals surface area contributed by atoms with Crippen molar-refractivity contribution in [3.05, 3.63) is 21.6 Å². The highest BCUT2D eigenvalue weighted by Crippen LogP contribution is 2.24. The Labute approximate surface area is 109 Å². The van der Waals surface area contributed by atoms with Gasteiger partial charge in [0, 0.05) is 12.6 Å². The zero-order valence-electron chi connectivity index (χ0n) is 9.97. The van der Waals surface area contributed by atoms with Gasteiger partial charge in [-0.25, -0.2) is 4.98 Å². The van der Waals surface area contributed by atoms with Crippen LogP contribution in [0.25, 0.3) is 0 Å². The molecule has 1 aliphatic heterocycles. The van der Waals surface area contributed by atoms with Gasteiger partial charge in [-0.15, -0.1) is 0 Å². The first-order valence-electron chi connectivity index (χ1n) is 5.68. The van der Waals surface area contributed by atoms with Crippen LogP contribution in [0.15, 0.2) is 6.20 Å². The van der Waals surface area contributed by atoms with E-state index in [0.717, 1.165) is 32.1 Å². The molecule has 1 unspecified atom stereocenters. The van der Waals surface area contributed by atoms with Crippen LogP contribution >= 0.6 is 11.6 Å². The number of aromatic nitrogens is 2. The molecular formula is C10H14ClN5O2. The minimum absolute atomic E-state index is 0.00673. The maximum Gasteiger partial charge on any atom is 0.329 e. The van der Waals surface area contributed by atoms with E-state index in [-0.39, 0.29) is 22.8 Å². The zero-order valence-corrected chi connectivity index (χ0v) is 10.7. The van der Waals surface area contributed by atoms with Crippen molar-refractivity contribution in [1.29, 1.82) is 0 Å². The van der Waals surface area contributed by atoms with Gasteiger partial charge < -0.3 is 10.2 Å². The van der Waals surface area contributed by atoms with Gasteiger partial charge in [0.05, 0.1) is 4.92 Å². The molecule has 0 aromatic carbocycles. The topological polar surface area (TPSA) is 84.2 Å². The third-order valence-electron chi connectivity index (χ3n) is 2.90. The molecule has 0 radical (unpaired) electrons. The van der Waals surface area contributed by atoms with Gasteiger partial charge >= 0.3 is 5.69 Å². The number of anilines is 1. The van der Waals surface area contributed by atoms with E-state index in [1.165, 1.54) is 0 Å². The number of nitrogens with zero attached hydrogens (tertiary/aromatic N) is 4. The van der Waals surface area contributed by atoms with Crippen LogP contribution in [0.2, 0.25) is 5.28 Å². The summed E-state index contributed by atoms with van der Waals surface area (Å²) in [5.41, 5.74) is -0.146. The van der Waals surface area contributed by atoms with Crippen molar-refractivity contribution in [1.82, 2.24) is 14.9 Å². The van der Waals surface area contributed by atoms with Gasteiger partial charge in [0.25, 0.3) is 0 Å². The first-order valence-corrected chi connectivity index (χ1v) is 6.06. The van der Waals surface area contributed by atoms with Crippen LogP contribution in [0.4, 0.5) is 11.5 Å². The SMILES string of the molecule is CN1CCCC(Nc2nc(Cl)ncc2[N+](=O)[O-])C1. The number of likely N-dealkylation sites (N-methyl/N-ethyl adjacent to an activating group) is 1. The Morgan fingerprint density at radius 1 is 1.67 bits per heavy atom. The Hall–Kier alpha value is -1.47. The average Bonchev–Trinajstić information content (AvgIpc) is 2.28. The molecule has 0 amide bonds. The molecule has 18 heavy (non-hydrogen) atoms. The van der Waals surface area contributed by atoms with Crippen molar-refractivity contribution >= 4 is 23.1 Å². The van der Waals surface area contributed by atoms with Crippen molar-refractivity contribution in [2.24, 2.45) is 0 Å². The number of nitrogens with one attached hydrogen (secondary N) is 1. The highest BCUT2D eigenvalue weighted by atomic mass is 35.5. The quantitative estimate of drug-likeness (QED) is 0.510. The minimum atomic E-state index is -0.509. The summed E-state index contributed by atoms with van der Waals surface area (Å²) in [6, 6.07) is 0.147. The molecule has 7 nitrogen and oxygen atoms in total. The first kappa shape index (κ1) is 13.0. The molecule has 0 aliphatic carbocycles. The van der Waals surface area contributed by atoms with E-state index in [9.17, 15) is 10.1 Å². The summed E-state index contributed by atoms with van der Waals surface area (Å²) in [5, 5.41) is 14.0. The third-order valence-corrected chi connectivity index (χ3v) is 3.08. The fraction of sp³-hybridized carbons (Fsp3) is 0.600. The molecule has 2 rings (SSSR count). The summed E-state index contributed by atoms with van der Waals surface area (Å²) in [6.07, 6.45) is 3.15. The lowest BCUT2D eigenvalue weighted by Crippen LogP contribution is -2.40. The van der Waals surface area contributed by atoms with Gasteiger partial charge in [-0.1, -0.05) is 0 Å². The van der Waals surface area contributed by atoms with Gasteiger partial charge in [0.1, 0.15) is 6.20 Å². The van der Waals surface area contributed by atoms with E-state index >= 15 is 0 Å². The van der Waals surface area contributed by atoms with Crippen molar-refractivity contribution in [3.8, 4) is 0 Å². The van der Waals surface area contributed by atoms with Crippen molar-refractivity contribution in [3.63, 3.8) is 0 Å². The fourth-order valence-electron chi connectivity index (χ4n) is 2.07. The predicted octanol–water partition coefficient (Wildman–Crippen LogP) is 1.54. The Morgan fingerprint density at radius 3 is 3.11 bits per heavy atom. The molecule has 8 heteroatoms. The molecule has 1 atom stereocenters. The summed E-state index contributed by atoms with van der Waals surface area (Å²) in [5.74, 6) is 0.195. The van der Waals surface area contributed by atoms with Crippen molar-refractivity contribution in [2.75, 3.05) is 25.5 Å². The van der Waals surface area contributed by atoms with Gasteiger partial charge in [-0.3, -0.25) is 10.1 Å². The summed E-state index contributed by atoms with van der Waals surface area (Å²) < 4.78 is 0. The maximum atomic E-state index is 10.9. The molecule has 1 saturated heterocycles. The van der Waals surface area contributed by atoms with Crippen LogP contribution in [0.5, 0.6) is 0 Å².